The van der Waals surface area contributed by atoms with Gasteiger partial charge in [0.2, 0.25) is 0 Å². The lowest BCUT2D eigenvalue weighted by Crippen LogP contribution is -2.24. The van der Waals surface area contributed by atoms with Gasteiger partial charge in [-0.05, 0) is 25.3 Å². The lowest BCUT2D eigenvalue weighted by molar-refractivity contribution is 0.125. The van der Waals surface area contributed by atoms with Crippen molar-refractivity contribution >= 4 is 0 Å². The number of hydrogen-bond donors (Lipinski definition) is 1. The molecule has 2 heteroatoms. The van der Waals surface area contributed by atoms with Crippen molar-refractivity contribution in [1.29, 1.82) is 0 Å². The molecule has 78 valence electrons. The summed E-state index contributed by atoms with van der Waals surface area (Å²) in [6, 6.07) is 0.603. The zero-order chi connectivity index (χ0) is 9.52. The maximum atomic E-state index is 5.53. The van der Waals surface area contributed by atoms with Crippen LogP contribution in [0.2, 0.25) is 0 Å². The van der Waals surface area contributed by atoms with Crippen molar-refractivity contribution in [3.8, 4) is 0 Å². The molecular weight excluding hydrogens is 162 g/mol. The van der Waals surface area contributed by atoms with Crippen LogP contribution in [0, 0.1) is 5.92 Å². The van der Waals surface area contributed by atoms with Gasteiger partial charge in [0.1, 0.15) is 0 Å². The van der Waals surface area contributed by atoms with Gasteiger partial charge in [-0.25, -0.2) is 0 Å². The van der Waals surface area contributed by atoms with Crippen molar-refractivity contribution in [2.24, 2.45) is 5.92 Å². The fourth-order valence-electron chi connectivity index (χ4n) is 1.32. The van der Waals surface area contributed by atoms with Crippen LogP contribution >= 0.6 is 0 Å². The molecular formula is C11H23NO. The Morgan fingerprint density at radius 1 is 1.31 bits per heavy atom. The highest BCUT2D eigenvalue weighted by atomic mass is 16.5. The van der Waals surface area contributed by atoms with Crippen LogP contribution in [0.15, 0.2) is 0 Å². The van der Waals surface area contributed by atoms with Crippen LogP contribution in [-0.2, 0) is 4.74 Å². The Labute approximate surface area is 82.0 Å². The fourth-order valence-corrected chi connectivity index (χ4v) is 1.32. The summed E-state index contributed by atoms with van der Waals surface area (Å²) in [5.41, 5.74) is 0. The van der Waals surface area contributed by atoms with Crippen LogP contribution in [0.4, 0.5) is 0 Å². The second kappa shape index (κ2) is 6.39. The normalized spacial score (nSPS) is 16.8. The van der Waals surface area contributed by atoms with E-state index in [4.69, 9.17) is 4.74 Å². The molecule has 13 heavy (non-hydrogen) atoms. The number of nitrogens with one attached hydrogen (secondary N) is 1. The lowest BCUT2D eigenvalue weighted by Gasteiger charge is -2.07. The van der Waals surface area contributed by atoms with Crippen LogP contribution in [-0.4, -0.2) is 25.8 Å². The predicted octanol–water partition coefficient (Wildman–Crippen LogP) is 2.19. The second-order valence-electron chi connectivity index (χ2n) is 4.31. The first-order chi connectivity index (χ1) is 6.29. The first-order valence-electron chi connectivity index (χ1n) is 5.60. The van der Waals surface area contributed by atoms with E-state index in [1.807, 2.05) is 0 Å². The zero-order valence-electron chi connectivity index (χ0n) is 9.01. The topological polar surface area (TPSA) is 21.3 Å². The minimum atomic E-state index is 0.603. The van der Waals surface area contributed by atoms with E-state index in [1.54, 1.807) is 0 Å². The summed E-state index contributed by atoms with van der Waals surface area (Å²) in [6.07, 6.45) is 5.32. The number of ether oxygens (including phenoxy) is 1. The van der Waals surface area contributed by atoms with Gasteiger partial charge in [-0.2, -0.15) is 0 Å². The second-order valence-corrected chi connectivity index (χ2v) is 4.31. The zero-order valence-corrected chi connectivity index (χ0v) is 9.01. The van der Waals surface area contributed by atoms with E-state index in [0.717, 1.165) is 32.1 Å². The summed E-state index contributed by atoms with van der Waals surface area (Å²) in [4.78, 5) is 0. The molecule has 1 aliphatic rings. The van der Waals surface area contributed by atoms with Gasteiger partial charge in [0, 0.05) is 19.3 Å². The molecule has 0 bridgehead atoms. The lowest BCUT2D eigenvalue weighted by atomic mass is 10.3. The molecule has 0 aromatic rings. The molecule has 0 aliphatic heterocycles. The monoisotopic (exact) mass is 185 g/mol. The van der Waals surface area contributed by atoms with E-state index in [-0.39, 0.29) is 0 Å². The molecule has 1 saturated carbocycles. The third-order valence-electron chi connectivity index (χ3n) is 2.39. The smallest absolute Gasteiger partial charge is 0.0478 e. The van der Waals surface area contributed by atoms with Gasteiger partial charge in [0.05, 0.1) is 0 Å². The van der Waals surface area contributed by atoms with Gasteiger partial charge in [-0.15, -0.1) is 0 Å². The highest BCUT2D eigenvalue weighted by Gasteiger charge is 2.20. The molecule has 0 atom stereocenters. The van der Waals surface area contributed by atoms with Crippen molar-refractivity contribution in [1.82, 2.24) is 5.32 Å². The van der Waals surface area contributed by atoms with Gasteiger partial charge >= 0.3 is 0 Å². The van der Waals surface area contributed by atoms with Crippen molar-refractivity contribution in [2.75, 3.05) is 19.8 Å². The van der Waals surface area contributed by atoms with Crippen LogP contribution < -0.4 is 5.32 Å². The molecule has 0 radical (unpaired) electrons. The molecule has 1 fully saturated rings. The molecule has 0 heterocycles. The predicted molar refractivity (Wildman–Crippen MR) is 55.9 cm³/mol. The minimum Gasteiger partial charge on any atom is -0.381 e. The van der Waals surface area contributed by atoms with Crippen molar-refractivity contribution in [3.63, 3.8) is 0 Å². The van der Waals surface area contributed by atoms with Gasteiger partial charge in [0.25, 0.3) is 0 Å². The fraction of sp³-hybridized carbons (Fsp3) is 1.00. The Hall–Kier alpha value is -0.0800. The molecule has 0 spiro atoms. The standard InChI is InChI=1S/C11H23NO/c1-10(2)12-7-3-8-13-9-6-11-4-5-11/h10-12H,3-9H2,1-2H3. The molecule has 0 saturated heterocycles. The first-order valence-corrected chi connectivity index (χ1v) is 5.60. The maximum Gasteiger partial charge on any atom is 0.0478 e. The Bertz CT molecular complexity index is 115. The maximum absolute atomic E-state index is 5.53. The largest absolute Gasteiger partial charge is 0.381 e. The van der Waals surface area contributed by atoms with Crippen molar-refractivity contribution < 1.29 is 4.74 Å². The molecule has 1 N–H and O–H groups in total. The quantitative estimate of drug-likeness (QED) is 0.585. The van der Waals surface area contributed by atoms with Gasteiger partial charge in [-0.1, -0.05) is 26.7 Å². The van der Waals surface area contributed by atoms with E-state index in [9.17, 15) is 0 Å². The molecule has 2 nitrogen and oxygen atoms in total. The van der Waals surface area contributed by atoms with E-state index in [2.05, 4.69) is 19.2 Å². The molecule has 1 aliphatic carbocycles. The average molecular weight is 185 g/mol. The summed E-state index contributed by atoms with van der Waals surface area (Å²) in [6.45, 7) is 7.34. The van der Waals surface area contributed by atoms with Gasteiger partial charge in [0.15, 0.2) is 0 Å². The average Bonchev–Trinajstić information content (AvgIpc) is 2.86. The van der Waals surface area contributed by atoms with Gasteiger partial charge in [-0.3, -0.25) is 0 Å². The molecule has 0 amide bonds. The van der Waals surface area contributed by atoms with Crippen molar-refractivity contribution in [3.05, 3.63) is 0 Å². The Kier molecular flexibility index (Phi) is 5.40. The number of hydrogen-bond acceptors (Lipinski definition) is 2. The number of rotatable bonds is 8. The highest BCUT2D eigenvalue weighted by Crippen LogP contribution is 2.31. The summed E-state index contributed by atoms with van der Waals surface area (Å²) in [5.74, 6) is 1.01. The third kappa shape index (κ3) is 7.03. The Morgan fingerprint density at radius 2 is 2.08 bits per heavy atom. The van der Waals surface area contributed by atoms with E-state index in [1.165, 1.54) is 19.3 Å². The Morgan fingerprint density at radius 3 is 2.69 bits per heavy atom. The van der Waals surface area contributed by atoms with E-state index in [0.29, 0.717) is 6.04 Å². The van der Waals surface area contributed by atoms with Crippen LogP contribution in [0.3, 0.4) is 0 Å². The van der Waals surface area contributed by atoms with Crippen LogP contribution in [0.25, 0.3) is 0 Å². The molecule has 0 aromatic carbocycles. The molecule has 0 aromatic heterocycles. The summed E-state index contributed by atoms with van der Waals surface area (Å²) >= 11 is 0. The van der Waals surface area contributed by atoms with Gasteiger partial charge < -0.3 is 10.1 Å². The van der Waals surface area contributed by atoms with E-state index >= 15 is 0 Å². The van der Waals surface area contributed by atoms with E-state index < -0.39 is 0 Å². The minimum absolute atomic E-state index is 0.603. The van der Waals surface area contributed by atoms with Crippen LogP contribution in [0.1, 0.15) is 39.5 Å². The summed E-state index contributed by atoms with van der Waals surface area (Å²) in [5, 5.41) is 3.38. The SMILES string of the molecule is CC(C)NCCCOCCC1CC1. The summed E-state index contributed by atoms with van der Waals surface area (Å²) < 4.78 is 5.53. The third-order valence-corrected chi connectivity index (χ3v) is 2.39. The summed E-state index contributed by atoms with van der Waals surface area (Å²) in [7, 11) is 0. The van der Waals surface area contributed by atoms with Crippen LogP contribution in [0.5, 0.6) is 0 Å². The van der Waals surface area contributed by atoms with Crippen molar-refractivity contribution in [2.45, 2.75) is 45.6 Å². The Balaban J connectivity index is 1.68. The molecule has 1 rings (SSSR count). The molecule has 0 unspecified atom stereocenters. The highest BCUT2D eigenvalue weighted by molar-refractivity contribution is 4.72. The first kappa shape index (κ1) is 11.0.